The van der Waals surface area contributed by atoms with E-state index < -0.39 is 9.84 Å². The number of ether oxygens (including phenoxy) is 1. The molecule has 0 aliphatic carbocycles. The van der Waals surface area contributed by atoms with Crippen molar-refractivity contribution in [3.05, 3.63) is 29.8 Å². The zero-order valence-electron chi connectivity index (χ0n) is 12.9. The van der Waals surface area contributed by atoms with E-state index in [2.05, 4.69) is 20.8 Å². The van der Waals surface area contributed by atoms with Gasteiger partial charge in [0.25, 0.3) is 0 Å². The van der Waals surface area contributed by atoms with Crippen molar-refractivity contribution in [2.45, 2.75) is 39.0 Å². The Labute approximate surface area is 127 Å². The number of nitriles is 1. The normalized spacial score (nSPS) is 11.9. The summed E-state index contributed by atoms with van der Waals surface area (Å²) in [5.74, 6) is 0.710. The number of sulfone groups is 1. The Morgan fingerprint density at radius 3 is 2.29 bits per heavy atom. The van der Waals surface area contributed by atoms with Gasteiger partial charge in [0.1, 0.15) is 12.4 Å². The third-order valence-corrected chi connectivity index (χ3v) is 4.83. The average Bonchev–Trinajstić information content (AvgIpc) is 2.38. The maximum atomic E-state index is 11.7. The fourth-order valence-corrected chi connectivity index (χ4v) is 2.94. The number of nitrogens with zero attached hydrogens (tertiary/aromatic N) is 1. The second-order valence-electron chi connectivity index (χ2n) is 6.04. The molecule has 1 rings (SSSR count). The van der Waals surface area contributed by atoms with Gasteiger partial charge in [0.2, 0.25) is 0 Å². The number of unbranched alkanes of at least 4 members (excludes halogenated alkanes) is 1. The molecule has 0 atom stereocenters. The van der Waals surface area contributed by atoms with Crippen molar-refractivity contribution in [2.24, 2.45) is 0 Å². The smallest absolute Gasteiger partial charge is 0.153 e. The van der Waals surface area contributed by atoms with Gasteiger partial charge in [-0.15, -0.1) is 0 Å². The number of hydrogen-bond donors (Lipinski definition) is 0. The highest BCUT2D eigenvalue weighted by molar-refractivity contribution is 7.91. The van der Waals surface area contributed by atoms with E-state index in [1.807, 2.05) is 30.3 Å². The van der Waals surface area contributed by atoms with E-state index in [4.69, 9.17) is 10.00 Å². The van der Waals surface area contributed by atoms with Crippen LogP contribution in [-0.2, 0) is 15.3 Å². The Morgan fingerprint density at radius 2 is 1.76 bits per heavy atom. The Balaban J connectivity index is 2.44. The maximum absolute atomic E-state index is 11.7. The molecule has 21 heavy (non-hydrogen) atoms. The lowest BCUT2D eigenvalue weighted by molar-refractivity contribution is 0.340. The van der Waals surface area contributed by atoms with Crippen LogP contribution in [0.15, 0.2) is 24.3 Å². The van der Waals surface area contributed by atoms with Gasteiger partial charge in [0, 0.05) is 6.42 Å². The number of hydrogen-bond acceptors (Lipinski definition) is 4. The fourth-order valence-electron chi connectivity index (χ4n) is 1.81. The molecule has 0 aliphatic rings. The van der Waals surface area contributed by atoms with Crippen LogP contribution in [0.2, 0.25) is 0 Å². The fraction of sp³-hybridized carbons (Fsp3) is 0.562. The number of benzene rings is 1. The highest BCUT2D eigenvalue weighted by atomic mass is 32.2. The first kappa shape index (κ1) is 17.5. The molecule has 0 amide bonds. The summed E-state index contributed by atoms with van der Waals surface area (Å²) in [5.41, 5.74) is 1.29. The molecule has 0 spiro atoms. The van der Waals surface area contributed by atoms with Crippen molar-refractivity contribution in [1.82, 2.24) is 0 Å². The summed E-state index contributed by atoms with van der Waals surface area (Å²) in [4.78, 5) is 0. The van der Waals surface area contributed by atoms with Gasteiger partial charge in [-0.3, -0.25) is 0 Å². The SMILES string of the molecule is CC(C)(C)c1ccc(OCCS(=O)(=O)CCCC#N)cc1. The summed E-state index contributed by atoms with van der Waals surface area (Å²) in [7, 11) is -3.13. The first-order valence-electron chi connectivity index (χ1n) is 7.05. The van der Waals surface area contributed by atoms with Gasteiger partial charge in [-0.1, -0.05) is 32.9 Å². The molecule has 1 aromatic rings. The predicted octanol–water partition coefficient (Wildman–Crippen LogP) is 3.08. The summed E-state index contributed by atoms with van der Waals surface area (Å²) >= 11 is 0. The summed E-state index contributed by atoms with van der Waals surface area (Å²) in [6.45, 7) is 6.55. The second kappa shape index (κ2) is 7.46. The van der Waals surface area contributed by atoms with Crippen molar-refractivity contribution in [3.8, 4) is 11.8 Å². The van der Waals surface area contributed by atoms with Crippen molar-refractivity contribution < 1.29 is 13.2 Å². The van der Waals surface area contributed by atoms with Crippen LogP contribution in [0, 0.1) is 11.3 Å². The van der Waals surface area contributed by atoms with Crippen LogP contribution >= 0.6 is 0 Å². The predicted molar refractivity (Wildman–Crippen MR) is 84.1 cm³/mol. The summed E-state index contributed by atoms with van der Waals surface area (Å²) in [6, 6.07) is 9.67. The molecule has 0 radical (unpaired) electrons. The van der Waals surface area contributed by atoms with Crippen molar-refractivity contribution in [2.75, 3.05) is 18.1 Å². The third-order valence-electron chi connectivity index (χ3n) is 3.13. The van der Waals surface area contributed by atoms with Crippen molar-refractivity contribution in [1.29, 1.82) is 5.26 Å². The van der Waals surface area contributed by atoms with Crippen LogP contribution in [0.5, 0.6) is 5.75 Å². The van der Waals surface area contributed by atoms with Crippen LogP contribution in [0.25, 0.3) is 0 Å². The third kappa shape index (κ3) is 6.63. The second-order valence-corrected chi connectivity index (χ2v) is 8.34. The van der Waals surface area contributed by atoms with E-state index in [1.165, 1.54) is 5.56 Å². The van der Waals surface area contributed by atoms with E-state index in [9.17, 15) is 8.42 Å². The molecule has 116 valence electrons. The van der Waals surface area contributed by atoms with Crippen molar-refractivity contribution in [3.63, 3.8) is 0 Å². The quantitative estimate of drug-likeness (QED) is 0.726. The molecule has 5 heteroatoms. The molecule has 0 saturated carbocycles. The minimum Gasteiger partial charge on any atom is -0.493 e. The molecule has 0 aromatic heterocycles. The summed E-state index contributed by atoms with van der Waals surface area (Å²) in [5, 5.41) is 8.40. The molecule has 0 aliphatic heterocycles. The highest BCUT2D eigenvalue weighted by Gasteiger charge is 2.13. The molecule has 0 saturated heterocycles. The minimum absolute atomic E-state index is 0.0144. The lowest BCUT2D eigenvalue weighted by atomic mass is 9.87. The largest absolute Gasteiger partial charge is 0.493 e. The standard InChI is InChI=1S/C16H23NO3S/c1-16(2,3)14-6-8-15(9-7-14)20-11-13-21(18,19)12-5-4-10-17/h6-9H,4-5,11-13H2,1-3H3. The summed E-state index contributed by atoms with van der Waals surface area (Å²) in [6.07, 6.45) is 0.660. The lowest BCUT2D eigenvalue weighted by Gasteiger charge is -2.19. The molecular weight excluding hydrogens is 286 g/mol. The zero-order chi connectivity index (χ0) is 15.9. The molecule has 1 aromatic carbocycles. The van der Waals surface area contributed by atoms with Crippen LogP contribution in [0.3, 0.4) is 0 Å². The molecule has 0 fully saturated rings. The van der Waals surface area contributed by atoms with Gasteiger partial charge in [-0.05, 0) is 29.5 Å². The Morgan fingerprint density at radius 1 is 1.14 bits per heavy atom. The highest BCUT2D eigenvalue weighted by Crippen LogP contribution is 2.24. The monoisotopic (exact) mass is 309 g/mol. The Bertz CT molecular complexity index is 577. The van der Waals surface area contributed by atoms with Gasteiger partial charge in [-0.2, -0.15) is 5.26 Å². The molecular formula is C16H23NO3S. The molecule has 0 heterocycles. The zero-order valence-corrected chi connectivity index (χ0v) is 13.7. The van der Waals surface area contributed by atoms with E-state index in [-0.39, 0.29) is 29.9 Å². The first-order valence-corrected chi connectivity index (χ1v) is 8.87. The van der Waals surface area contributed by atoms with Gasteiger partial charge < -0.3 is 4.74 Å². The maximum Gasteiger partial charge on any atom is 0.153 e. The lowest BCUT2D eigenvalue weighted by Crippen LogP contribution is -2.17. The topological polar surface area (TPSA) is 67.2 Å². The minimum atomic E-state index is -3.13. The molecule has 0 bridgehead atoms. The summed E-state index contributed by atoms with van der Waals surface area (Å²) < 4.78 is 28.9. The van der Waals surface area contributed by atoms with Crippen LogP contribution in [0.1, 0.15) is 39.2 Å². The van der Waals surface area contributed by atoms with Gasteiger partial charge in [0.05, 0.1) is 17.6 Å². The number of rotatable bonds is 7. The van der Waals surface area contributed by atoms with Crippen LogP contribution < -0.4 is 4.74 Å². The van der Waals surface area contributed by atoms with E-state index in [1.54, 1.807) is 0 Å². The van der Waals surface area contributed by atoms with E-state index in [0.717, 1.165) is 0 Å². The van der Waals surface area contributed by atoms with Crippen LogP contribution in [0.4, 0.5) is 0 Å². The first-order chi connectivity index (χ1) is 9.74. The van der Waals surface area contributed by atoms with Gasteiger partial charge in [0.15, 0.2) is 9.84 Å². The average molecular weight is 309 g/mol. The molecule has 4 nitrogen and oxygen atoms in total. The van der Waals surface area contributed by atoms with Gasteiger partial charge >= 0.3 is 0 Å². The van der Waals surface area contributed by atoms with Crippen LogP contribution in [-0.4, -0.2) is 26.5 Å². The van der Waals surface area contributed by atoms with E-state index in [0.29, 0.717) is 12.2 Å². The molecule has 0 unspecified atom stereocenters. The Hall–Kier alpha value is -1.54. The van der Waals surface area contributed by atoms with E-state index >= 15 is 0 Å². The molecule has 0 N–H and O–H groups in total. The van der Waals surface area contributed by atoms with Crippen molar-refractivity contribution >= 4 is 9.84 Å². The Kier molecular flexibility index (Phi) is 6.22. The van der Waals surface area contributed by atoms with Gasteiger partial charge in [-0.25, -0.2) is 8.42 Å².